The van der Waals surface area contributed by atoms with Gasteiger partial charge in [0, 0.05) is 48.9 Å². The minimum absolute atomic E-state index is 0.0240. The number of primary amides is 1. The van der Waals surface area contributed by atoms with E-state index in [1.54, 1.807) is 0 Å². The normalized spacial score (nSPS) is 27.0. The zero-order valence-electron chi connectivity index (χ0n) is 22.6. The van der Waals surface area contributed by atoms with Gasteiger partial charge in [-0.1, -0.05) is 13.0 Å². The Balaban J connectivity index is 1.67. The first-order valence-corrected chi connectivity index (χ1v) is 13.0. The number of anilines is 1. The maximum Gasteiger partial charge on any atom is 0.417 e. The zero-order chi connectivity index (χ0) is 30.1. The van der Waals surface area contributed by atoms with Gasteiger partial charge in [0.1, 0.15) is 18.4 Å². The van der Waals surface area contributed by atoms with E-state index in [1.165, 1.54) is 19.2 Å². The van der Waals surface area contributed by atoms with Crippen LogP contribution in [0.25, 0.3) is 0 Å². The van der Waals surface area contributed by atoms with Crippen molar-refractivity contribution in [1.82, 2.24) is 9.88 Å². The Kier molecular flexibility index (Phi) is 8.85. The van der Waals surface area contributed by atoms with Gasteiger partial charge in [0.05, 0.1) is 12.7 Å². The van der Waals surface area contributed by atoms with E-state index in [0.717, 1.165) is 25.1 Å². The molecular formula is C27H31F5N4O5. The van der Waals surface area contributed by atoms with Crippen molar-refractivity contribution in [3.8, 4) is 5.75 Å². The molecule has 9 nitrogen and oxygen atoms in total. The molecule has 2 fully saturated rings. The Bertz CT molecular complexity index is 1300. The first-order valence-electron chi connectivity index (χ1n) is 13.0. The van der Waals surface area contributed by atoms with Crippen LogP contribution in [0.15, 0.2) is 30.5 Å². The molecule has 0 spiro atoms. The molecule has 4 rings (SSSR count). The fraction of sp³-hybridized carbons (Fsp3) is 0.519. The minimum atomic E-state index is -4.91. The van der Waals surface area contributed by atoms with Gasteiger partial charge < -0.3 is 25.3 Å². The maximum absolute atomic E-state index is 15.1. The summed E-state index contributed by atoms with van der Waals surface area (Å²) >= 11 is 0. The molecule has 41 heavy (non-hydrogen) atoms. The summed E-state index contributed by atoms with van der Waals surface area (Å²) in [7, 11) is 0. The number of hydrogen-bond acceptors (Lipinski definition) is 7. The Morgan fingerprint density at radius 1 is 1.24 bits per heavy atom. The fourth-order valence-electron chi connectivity index (χ4n) is 5.21. The second-order valence-corrected chi connectivity index (χ2v) is 10.4. The molecule has 3 N–H and O–H groups in total. The number of pyridine rings is 1. The molecule has 1 aromatic carbocycles. The van der Waals surface area contributed by atoms with E-state index in [9.17, 15) is 27.2 Å². The number of rotatable bonds is 8. The number of amides is 2. The van der Waals surface area contributed by atoms with Crippen LogP contribution in [0.3, 0.4) is 0 Å². The molecule has 0 aliphatic carbocycles. The monoisotopic (exact) mass is 586 g/mol. The number of benzene rings is 1. The van der Waals surface area contributed by atoms with Gasteiger partial charge >= 0.3 is 6.18 Å². The third kappa shape index (κ3) is 6.28. The summed E-state index contributed by atoms with van der Waals surface area (Å²) in [5.74, 6) is -7.94. The molecule has 2 aromatic rings. The number of nitrogens with two attached hydrogens (primary N) is 1. The van der Waals surface area contributed by atoms with Crippen LogP contribution in [-0.4, -0.2) is 78.5 Å². The lowest BCUT2D eigenvalue weighted by molar-refractivity contribution is -0.272. The predicted molar refractivity (Wildman–Crippen MR) is 136 cm³/mol. The van der Waals surface area contributed by atoms with Crippen molar-refractivity contribution in [2.45, 2.75) is 50.7 Å². The second-order valence-electron chi connectivity index (χ2n) is 10.4. The Hall–Kier alpha value is -3.36. The van der Waals surface area contributed by atoms with E-state index in [0.29, 0.717) is 26.2 Å². The standard InChI is InChI=1S/C27H31F5N4O5/c1-14-13-36(8-10-39-14)9-11-40-22-17(4-5-18(28)21(22)29)20-15(2)26(3,27(30,31)32)41-23(20)25(38)35-16-6-7-34-19(12-16)24(33)37/h4-7,12,14-15,20,23H,8-11,13H2,1-3H3,(H2,33,37)(H,34,35,38)/t14-,15-,20-,23+,26+/m0/s1. The highest BCUT2D eigenvalue weighted by Crippen LogP contribution is 2.55. The largest absolute Gasteiger partial charge is 0.489 e. The van der Waals surface area contributed by atoms with Gasteiger partial charge in [0.25, 0.3) is 11.8 Å². The maximum atomic E-state index is 15.1. The lowest BCUT2D eigenvalue weighted by Crippen LogP contribution is -2.47. The van der Waals surface area contributed by atoms with E-state index in [4.69, 9.17) is 19.9 Å². The molecule has 0 saturated carbocycles. The van der Waals surface area contributed by atoms with Gasteiger partial charge in [0.2, 0.25) is 5.82 Å². The Morgan fingerprint density at radius 3 is 2.63 bits per heavy atom. The van der Waals surface area contributed by atoms with Crippen molar-refractivity contribution >= 4 is 17.5 Å². The molecule has 14 heteroatoms. The number of alkyl halides is 3. The van der Waals surface area contributed by atoms with Crippen molar-refractivity contribution in [3.63, 3.8) is 0 Å². The van der Waals surface area contributed by atoms with Gasteiger partial charge in [-0.2, -0.15) is 17.6 Å². The van der Waals surface area contributed by atoms with Crippen LogP contribution in [0.5, 0.6) is 5.75 Å². The lowest BCUT2D eigenvalue weighted by Gasteiger charge is -2.32. The topological polar surface area (TPSA) is 116 Å². The Labute approximate surface area is 233 Å². The van der Waals surface area contributed by atoms with Crippen molar-refractivity contribution in [3.05, 3.63) is 53.4 Å². The number of nitrogens with one attached hydrogen (secondary N) is 1. The third-order valence-corrected chi connectivity index (χ3v) is 7.63. The minimum Gasteiger partial charge on any atom is -0.489 e. The van der Waals surface area contributed by atoms with E-state index in [2.05, 4.69) is 10.3 Å². The zero-order valence-corrected chi connectivity index (χ0v) is 22.6. The molecule has 5 atom stereocenters. The van der Waals surface area contributed by atoms with Gasteiger partial charge in [-0.3, -0.25) is 19.5 Å². The summed E-state index contributed by atoms with van der Waals surface area (Å²) in [4.78, 5) is 30.6. The summed E-state index contributed by atoms with van der Waals surface area (Å²) < 4.78 is 88.9. The number of hydrogen-bond donors (Lipinski definition) is 2. The summed E-state index contributed by atoms with van der Waals surface area (Å²) in [5, 5.41) is 2.42. The molecule has 2 amide bonds. The number of aromatic nitrogens is 1. The molecule has 0 bridgehead atoms. The molecule has 3 heterocycles. The van der Waals surface area contributed by atoms with E-state index in [-0.39, 0.29) is 29.7 Å². The van der Waals surface area contributed by atoms with Crippen LogP contribution in [-0.2, 0) is 14.3 Å². The number of halogens is 5. The van der Waals surface area contributed by atoms with Crippen molar-refractivity contribution < 1.29 is 45.8 Å². The van der Waals surface area contributed by atoms with Gasteiger partial charge in [-0.05, 0) is 32.0 Å². The highest BCUT2D eigenvalue weighted by Gasteiger charge is 2.66. The summed E-state index contributed by atoms with van der Waals surface area (Å²) in [6.07, 6.45) is -5.56. The van der Waals surface area contributed by atoms with Crippen LogP contribution in [0, 0.1) is 17.6 Å². The number of nitrogens with zero attached hydrogens (tertiary/aromatic N) is 2. The van der Waals surface area contributed by atoms with Crippen molar-refractivity contribution in [1.29, 1.82) is 0 Å². The van der Waals surface area contributed by atoms with Crippen molar-refractivity contribution in [2.75, 3.05) is 38.2 Å². The van der Waals surface area contributed by atoms with Crippen LogP contribution in [0.4, 0.5) is 27.6 Å². The number of morpholine rings is 1. The fourth-order valence-corrected chi connectivity index (χ4v) is 5.21. The van der Waals surface area contributed by atoms with E-state index in [1.807, 2.05) is 11.8 Å². The van der Waals surface area contributed by atoms with Crippen molar-refractivity contribution in [2.24, 2.45) is 11.7 Å². The lowest BCUT2D eigenvalue weighted by atomic mass is 9.77. The highest BCUT2D eigenvalue weighted by molar-refractivity contribution is 5.97. The highest BCUT2D eigenvalue weighted by atomic mass is 19.4. The number of carbonyl (C=O) groups excluding carboxylic acids is 2. The summed E-state index contributed by atoms with van der Waals surface area (Å²) in [6, 6.07) is 4.33. The average molecular weight is 587 g/mol. The molecule has 224 valence electrons. The second kappa shape index (κ2) is 11.9. The summed E-state index contributed by atoms with van der Waals surface area (Å²) in [5.41, 5.74) is 2.09. The van der Waals surface area contributed by atoms with Crippen LogP contribution in [0.2, 0.25) is 0 Å². The molecule has 0 radical (unpaired) electrons. The smallest absolute Gasteiger partial charge is 0.417 e. The van der Waals surface area contributed by atoms with Gasteiger partial charge in [0.15, 0.2) is 17.2 Å². The molecule has 2 saturated heterocycles. The third-order valence-electron chi connectivity index (χ3n) is 7.63. The molecular weight excluding hydrogens is 555 g/mol. The van der Waals surface area contributed by atoms with E-state index >= 15 is 4.39 Å². The van der Waals surface area contributed by atoms with Gasteiger partial charge in [-0.25, -0.2) is 4.39 Å². The first kappa shape index (κ1) is 30.6. The molecule has 2 aliphatic heterocycles. The number of carbonyl (C=O) groups is 2. The Morgan fingerprint density at radius 2 is 1.98 bits per heavy atom. The van der Waals surface area contributed by atoms with Gasteiger partial charge in [-0.15, -0.1) is 0 Å². The first-order chi connectivity index (χ1) is 19.2. The number of ether oxygens (including phenoxy) is 3. The quantitative estimate of drug-likeness (QED) is 0.454. The van der Waals surface area contributed by atoms with Crippen LogP contribution < -0.4 is 15.8 Å². The van der Waals surface area contributed by atoms with E-state index < -0.39 is 58.9 Å². The SMILES string of the molecule is C[C@H]1CN(CCOc2c([C@H]3[C@H](C(=O)Nc4ccnc(C(N)=O)c4)O[C@@](C)(C(F)(F)F)[C@H]3C)ccc(F)c2F)CCO1. The predicted octanol–water partition coefficient (Wildman–Crippen LogP) is 3.64. The van der Waals surface area contributed by atoms with Crippen LogP contribution in [0.1, 0.15) is 42.7 Å². The average Bonchev–Trinajstić information content (AvgIpc) is 3.18. The molecule has 2 aliphatic rings. The molecule has 1 aromatic heterocycles. The molecule has 0 unspecified atom stereocenters. The summed E-state index contributed by atoms with van der Waals surface area (Å²) in [6.45, 7) is 5.83. The van der Waals surface area contributed by atoms with Crippen LogP contribution >= 0.6 is 0 Å².